The summed E-state index contributed by atoms with van der Waals surface area (Å²) in [6, 6.07) is 2.17. The highest BCUT2D eigenvalue weighted by Gasteiger charge is 2.37. The summed E-state index contributed by atoms with van der Waals surface area (Å²) in [7, 11) is 0. The normalized spacial score (nSPS) is 28.0. The molecule has 6 heteroatoms. The maximum atomic E-state index is 12.4. The molecule has 3 heterocycles. The standard InChI is InChI=1S/C14H19BrN2O3/c1-10-7-17(14(18)11-6-13(15)20-9-11)8-12(10)16-2-4-19-5-3-16/h6,9-10,12H,2-5,7-8H2,1H3/t10-,12+/m0/s1. The molecule has 2 saturated heterocycles. The highest BCUT2D eigenvalue weighted by molar-refractivity contribution is 9.10. The van der Waals surface area contributed by atoms with Gasteiger partial charge in [-0.3, -0.25) is 9.69 Å². The molecule has 110 valence electrons. The van der Waals surface area contributed by atoms with Crippen molar-refractivity contribution >= 4 is 21.8 Å². The first-order valence-corrected chi connectivity index (χ1v) is 7.79. The lowest BCUT2D eigenvalue weighted by Gasteiger charge is -2.33. The molecule has 0 aliphatic carbocycles. The summed E-state index contributed by atoms with van der Waals surface area (Å²) in [5.74, 6) is 0.550. The Hall–Kier alpha value is -0.850. The minimum Gasteiger partial charge on any atom is -0.457 e. The summed E-state index contributed by atoms with van der Waals surface area (Å²) < 4.78 is 11.2. The van der Waals surface area contributed by atoms with E-state index in [1.54, 1.807) is 6.07 Å². The van der Waals surface area contributed by atoms with Crippen molar-refractivity contribution in [3.8, 4) is 0 Å². The number of halogens is 1. The maximum absolute atomic E-state index is 12.4. The van der Waals surface area contributed by atoms with Crippen LogP contribution >= 0.6 is 15.9 Å². The van der Waals surface area contributed by atoms with E-state index in [-0.39, 0.29) is 5.91 Å². The molecule has 1 amide bonds. The van der Waals surface area contributed by atoms with Gasteiger partial charge in [-0.1, -0.05) is 6.92 Å². The van der Waals surface area contributed by atoms with Crippen LogP contribution in [0.1, 0.15) is 17.3 Å². The molecule has 2 aliphatic rings. The van der Waals surface area contributed by atoms with Crippen LogP contribution in [0.4, 0.5) is 0 Å². The van der Waals surface area contributed by atoms with E-state index < -0.39 is 0 Å². The van der Waals surface area contributed by atoms with Crippen molar-refractivity contribution in [2.24, 2.45) is 5.92 Å². The number of rotatable bonds is 2. The van der Waals surface area contributed by atoms with Gasteiger partial charge in [0.05, 0.1) is 18.8 Å². The molecule has 0 unspecified atom stereocenters. The van der Waals surface area contributed by atoms with Gasteiger partial charge in [0.25, 0.3) is 5.91 Å². The van der Waals surface area contributed by atoms with Crippen molar-refractivity contribution in [2.45, 2.75) is 13.0 Å². The van der Waals surface area contributed by atoms with Crippen molar-refractivity contribution in [1.29, 1.82) is 0 Å². The number of hydrogen-bond acceptors (Lipinski definition) is 4. The van der Waals surface area contributed by atoms with E-state index in [0.29, 0.717) is 22.2 Å². The van der Waals surface area contributed by atoms with Crippen LogP contribution in [-0.4, -0.2) is 61.1 Å². The average molecular weight is 343 g/mol. The van der Waals surface area contributed by atoms with Gasteiger partial charge in [0.2, 0.25) is 0 Å². The van der Waals surface area contributed by atoms with Crippen molar-refractivity contribution in [1.82, 2.24) is 9.80 Å². The highest BCUT2D eigenvalue weighted by Crippen LogP contribution is 2.25. The number of carbonyl (C=O) groups is 1. The Morgan fingerprint density at radius 1 is 1.35 bits per heavy atom. The molecule has 2 fully saturated rings. The lowest BCUT2D eigenvalue weighted by atomic mass is 10.0. The molecular weight excluding hydrogens is 324 g/mol. The van der Waals surface area contributed by atoms with Crippen LogP contribution in [0.2, 0.25) is 0 Å². The van der Waals surface area contributed by atoms with Crippen LogP contribution in [0.15, 0.2) is 21.4 Å². The fourth-order valence-electron chi connectivity index (χ4n) is 3.10. The van der Waals surface area contributed by atoms with E-state index in [4.69, 9.17) is 9.15 Å². The maximum Gasteiger partial charge on any atom is 0.257 e. The Bertz CT molecular complexity index is 485. The molecule has 3 rings (SSSR count). The zero-order valence-electron chi connectivity index (χ0n) is 11.5. The van der Waals surface area contributed by atoms with Crippen molar-refractivity contribution in [3.05, 3.63) is 22.6 Å². The summed E-state index contributed by atoms with van der Waals surface area (Å²) in [6.07, 6.45) is 1.51. The topological polar surface area (TPSA) is 45.9 Å². The van der Waals surface area contributed by atoms with Gasteiger partial charge in [0, 0.05) is 38.3 Å². The Morgan fingerprint density at radius 3 is 2.75 bits per heavy atom. The van der Waals surface area contributed by atoms with Gasteiger partial charge in [-0.2, -0.15) is 0 Å². The van der Waals surface area contributed by atoms with Gasteiger partial charge >= 0.3 is 0 Å². The van der Waals surface area contributed by atoms with Crippen LogP contribution < -0.4 is 0 Å². The molecule has 1 aromatic rings. The number of amides is 1. The smallest absolute Gasteiger partial charge is 0.257 e. The molecule has 5 nitrogen and oxygen atoms in total. The van der Waals surface area contributed by atoms with Crippen molar-refractivity contribution < 1.29 is 13.9 Å². The molecule has 0 aromatic carbocycles. The van der Waals surface area contributed by atoms with Crippen LogP contribution in [0, 0.1) is 5.92 Å². The molecule has 0 spiro atoms. The highest BCUT2D eigenvalue weighted by atomic mass is 79.9. The number of ether oxygens (including phenoxy) is 1. The van der Waals surface area contributed by atoms with E-state index in [1.165, 1.54) is 6.26 Å². The number of furan rings is 1. The lowest BCUT2D eigenvalue weighted by molar-refractivity contribution is 0.0119. The first-order chi connectivity index (χ1) is 9.65. The molecule has 20 heavy (non-hydrogen) atoms. The predicted octanol–water partition coefficient (Wildman–Crippen LogP) is 1.83. The monoisotopic (exact) mass is 342 g/mol. The second kappa shape index (κ2) is 5.87. The Kier molecular flexibility index (Phi) is 4.14. The van der Waals surface area contributed by atoms with E-state index in [2.05, 4.69) is 27.8 Å². The van der Waals surface area contributed by atoms with Crippen molar-refractivity contribution in [3.63, 3.8) is 0 Å². The quantitative estimate of drug-likeness (QED) is 0.822. The number of hydrogen-bond donors (Lipinski definition) is 0. The summed E-state index contributed by atoms with van der Waals surface area (Å²) in [5, 5.41) is 0. The average Bonchev–Trinajstić information content (AvgIpc) is 3.05. The SMILES string of the molecule is C[C@H]1CN(C(=O)c2coc(Br)c2)C[C@H]1N1CCOCC1. The van der Waals surface area contributed by atoms with E-state index in [0.717, 1.165) is 39.4 Å². The first kappa shape index (κ1) is 14.1. The molecular formula is C14H19BrN2O3. The van der Waals surface area contributed by atoms with Crippen LogP contribution in [0.3, 0.4) is 0 Å². The van der Waals surface area contributed by atoms with E-state index in [1.807, 2.05) is 4.90 Å². The molecule has 0 saturated carbocycles. The van der Waals surface area contributed by atoms with Gasteiger partial charge in [-0.25, -0.2) is 0 Å². The fourth-order valence-corrected chi connectivity index (χ4v) is 3.44. The third-order valence-corrected chi connectivity index (χ3v) is 4.60. The van der Waals surface area contributed by atoms with Crippen LogP contribution in [0.25, 0.3) is 0 Å². The number of nitrogens with zero attached hydrogens (tertiary/aromatic N) is 2. The van der Waals surface area contributed by atoms with Gasteiger partial charge in [-0.05, 0) is 21.8 Å². The molecule has 2 atom stereocenters. The predicted molar refractivity (Wildman–Crippen MR) is 77.7 cm³/mol. The third-order valence-electron chi connectivity index (χ3n) is 4.19. The number of carbonyl (C=O) groups excluding carboxylic acids is 1. The van der Waals surface area contributed by atoms with Crippen molar-refractivity contribution in [2.75, 3.05) is 39.4 Å². The minimum atomic E-state index is 0.0575. The summed E-state index contributed by atoms with van der Waals surface area (Å²) in [5.41, 5.74) is 0.617. The molecule has 0 radical (unpaired) electrons. The molecule has 2 aliphatic heterocycles. The minimum absolute atomic E-state index is 0.0575. The summed E-state index contributed by atoms with van der Waals surface area (Å²) in [6.45, 7) is 7.35. The second-order valence-electron chi connectivity index (χ2n) is 5.54. The third kappa shape index (κ3) is 2.77. The van der Waals surface area contributed by atoms with Gasteiger partial charge in [0.1, 0.15) is 6.26 Å². The summed E-state index contributed by atoms with van der Waals surface area (Å²) >= 11 is 3.24. The lowest BCUT2D eigenvalue weighted by Crippen LogP contribution is -2.47. The van der Waals surface area contributed by atoms with Crippen LogP contribution in [-0.2, 0) is 4.74 Å². The molecule has 1 aromatic heterocycles. The first-order valence-electron chi connectivity index (χ1n) is 7.00. The Labute approximate surface area is 127 Å². The zero-order valence-corrected chi connectivity index (χ0v) is 13.1. The van der Waals surface area contributed by atoms with Gasteiger partial charge in [0.15, 0.2) is 4.67 Å². The van der Waals surface area contributed by atoms with Crippen LogP contribution in [0.5, 0.6) is 0 Å². The van der Waals surface area contributed by atoms with Gasteiger partial charge in [-0.15, -0.1) is 0 Å². The van der Waals surface area contributed by atoms with E-state index >= 15 is 0 Å². The van der Waals surface area contributed by atoms with E-state index in [9.17, 15) is 4.79 Å². The Balaban J connectivity index is 1.66. The van der Waals surface area contributed by atoms with Gasteiger partial charge < -0.3 is 14.1 Å². The largest absolute Gasteiger partial charge is 0.457 e. The second-order valence-corrected chi connectivity index (χ2v) is 6.32. The fraction of sp³-hybridized carbons (Fsp3) is 0.643. The summed E-state index contributed by atoms with van der Waals surface area (Å²) in [4.78, 5) is 16.8. The number of likely N-dealkylation sites (tertiary alicyclic amines) is 1. The number of morpholine rings is 1. The zero-order chi connectivity index (χ0) is 14.1. The molecule has 0 bridgehead atoms. The molecule has 0 N–H and O–H groups in total. The Morgan fingerprint density at radius 2 is 2.10 bits per heavy atom.